The van der Waals surface area contributed by atoms with E-state index >= 15 is 0 Å². The van der Waals surface area contributed by atoms with Gasteiger partial charge in [-0.15, -0.1) is 0 Å². The molecule has 0 spiro atoms. The summed E-state index contributed by atoms with van der Waals surface area (Å²) in [5.74, 6) is 0.283. The average molecular weight is 290 g/mol. The van der Waals surface area contributed by atoms with E-state index < -0.39 is 4.92 Å². The third-order valence-corrected chi connectivity index (χ3v) is 3.06. The van der Waals surface area contributed by atoms with Crippen molar-refractivity contribution in [3.63, 3.8) is 0 Å². The predicted molar refractivity (Wildman–Crippen MR) is 75.5 cm³/mol. The molecule has 20 heavy (non-hydrogen) atoms. The Balaban J connectivity index is 2.15. The van der Waals surface area contributed by atoms with Crippen molar-refractivity contribution in [3.05, 3.63) is 51.5 Å². The van der Waals surface area contributed by atoms with Gasteiger partial charge in [0.1, 0.15) is 11.2 Å². The molecule has 0 aliphatic heterocycles. The summed E-state index contributed by atoms with van der Waals surface area (Å²) in [4.78, 5) is 14.6. The third kappa shape index (κ3) is 2.06. The number of nitro groups is 1. The van der Waals surface area contributed by atoms with Crippen LogP contribution in [0.4, 0.5) is 11.4 Å². The van der Waals surface area contributed by atoms with Crippen LogP contribution in [0.2, 0.25) is 5.02 Å². The molecule has 0 aliphatic carbocycles. The van der Waals surface area contributed by atoms with E-state index in [4.69, 9.17) is 21.8 Å². The maximum Gasteiger partial charge on any atom is 0.292 e. The minimum absolute atomic E-state index is 0.0953. The zero-order valence-corrected chi connectivity index (χ0v) is 10.8. The van der Waals surface area contributed by atoms with Crippen LogP contribution in [0.15, 0.2) is 40.8 Å². The van der Waals surface area contributed by atoms with Gasteiger partial charge in [0.05, 0.1) is 4.92 Å². The van der Waals surface area contributed by atoms with Crippen LogP contribution in [0.5, 0.6) is 0 Å². The normalized spacial score (nSPS) is 10.8. The van der Waals surface area contributed by atoms with Crippen LogP contribution < -0.4 is 5.73 Å². The van der Waals surface area contributed by atoms with Gasteiger partial charge in [-0.3, -0.25) is 10.1 Å². The Labute approximate surface area is 117 Å². The van der Waals surface area contributed by atoms with Crippen LogP contribution in [0.1, 0.15) is 0 Å². The zero-order chi connectivity index (χ0) is 14.3. The quantitative estimate of drug-likeness (QED) is 0.441. The molecule has 2 aromatic carbocycles. The van der Waals surface area contributed by atoms with Gasteiger partial charge in [-0.1, -0.05) is 11.6 Å². The average Bonchev–Trinajstić information content (AvgIpc) is 2.81. The first-order valence-electron chi connectivity index (χ1n) is 5.65. The number of nitrogens with zero attached hydrogens (tertiary/aromatic N) is 2. The van der Waals surface area contributed by atoms with Crippen molar-refractivity contribution in [2.45, 2.75) is 0 Å². The molecule has 0 radical (unpaired) electrons. The highest BCUT2D eigenvalue weighted by atomic mass is 35.5. The first-order valence-corrected chi connectivity index (χ1v) is 6.03. The fraction of sp³-hybridized carbons (Fsp3) is 0. The Morgan fingerprint density at radius 1 is 1.25 bits per heavy atom. The molecule has 6 nitrogen and oxygen atoms in total. The first kappa shape index (κ1) is 12.4. The fourth-order valence-corrected chi connectivity index (χ4v) is 2.03. The lowest BCUT2D eigenvalue weighted by Crippen LogP contribution is -1.95. The van der Waals surface area contributed by atoms with Gasteiger partial charge in [0.15, 0.2) is 5.58 Å². The van der Waals surface area contributed by atoms with E-state index in [1.54, 1.807) is 24.3 Å². The van der Waals surface area contributed by atoms with Crippen LogP contribution in [0.25, 0.3) is 22.6 Å². The summed E-state index contributed by atoms with van der Waals surface area (Å²) in [6.07, 6.45) is 0. The van der Waals surface area contributed by atoms with Gasteiger partial charge in [0.25, 0.3) is 5.69 Å². The van der Waals surface area contributed by atoms with Crippen molar-refractivity contribution in [1.82, 2.24) is 4.98 Å². The summed E-state index contributed by atoms with van der Waals surface area (Å²) < 4.78 is 5.55. The largest absolute Gasteiger partial charge is 0.436 e. The molecule has 1 heterocycles. The molecule has 0 bridgehead atoms. The summed E-state index contributed by atoms with van der Waals surface area (Å²) in [7, 11) is 0. The number of nitrogens with two attached hydrogens (primary N) is 1. The molecular formula is C13H8ClN3O3. The fourth-order valence-electron chi connectivity index (χ4n) is 1.86. The van der Waals surface area contributed by atoms with Crippen LogP contribution in [0.3, 0.4) is 0 Å². The number of nitrogen functional groups attached to an aromatic ring is 1. The molecule has 100 valence electrons. The Kier molecular flexibility index (Phi) is 2.80. The molecule has 7 heteroatoms. The Morgan fingerprint density at radius 2 is 2.05 bits per heavy atom. The van der Waals surface area contributed by atoms with E-state index in [-0.39, 0.29) is 17.3 Å². The Bertz CT molecular complexity index is 829. The number of aromatic nitrogens is 1. The number of oxazole rings is 1. The molecule has 0 atom stereocenters. The number of benzene rings is 2. The summed E-state index contributed by atoms with van der Waals surface area (Å²) in [5.41, 5.74) is 7.10. The second-order valence-electron chi connectivity index (χ2n) is 4.16. The highest BCUT2D eigenvalue weighted by Crippen LogP contribution is 2.30. The van der Waals surface area contributed by atoms with E-state index in [9.17, 15) is 10.1 Å². The van der Waals surface area contributed by atoms with Gasteiger partial charge in [-0.2, -0.15) is 0 Å². The van der Waals surface area contributed by atoms with Crippen LogP contribution in [-0.4, -0.2) is 9.91 Å². The Morgan fingerprint density at radius 3 is 2.80 bits per heavy atom. The Hall–Kier alpha value is -2.60. The molecule has 0 amide bonds. The maximum absolute atomic E-state index is 10.9. The van der Waals surface area contributed by atoms with Gasteiger partial charge in [0, 0.05) is 16.7 Å². The van der Waals surface area contributed by atoms with Gasteiger partial charge >= 0.3 is 0 Å². The number of rotatable bonds is 2. The molecule has 3 rings (SSSR count). The van der Waals surface area contributed by atoms with Crippen LogP contribution >= 0.6 is 11.6 Å². The predicted octanol–water partition coefficient (Wildman–Crippen LogP) is 3.64. The lowest BCUT2D eigenvalue weighted by atomic mass is 10.2. The SMILES string of the molecule is Nc1ccc(-c2nc3cc(Cl)ccc3o2)cc1[N+](=O)[O-]. The minimum Gasteiger partial charge on any atom is -0.436 e. The second kappa shape index (κ2) is 4.50. The monoisotopic (exact) mass is 289 g/mol. The molecule has 3 aromatic rings. The summed E-state index contributed by atoms with van der Waals surface area (Å²) in [6, 6.07) is 9.45. The van der Waals surface area contributed by atoms with Gasteiger partial charge in [-0.25, -0.2) is 4.98 Å². The van der Waals surface area contributed by atoms with Crippen molar-refractivity contribution in [2.75, 3.05) is 5.73 Å². The van der Waals surface area contributed by atoms with Crippen molar-refractivity contribution < 1.29 is 9.34 Å². The number of halogens is 1. The lowest BCUT2D eigenvalue weighted by molar-refractivity contribution is -0.383. The summed E-state index contributed by atoms with van der Waals surface area (Å²) >= 11 is 5.87. The van der Waals surface area contributed by atoms with Gasteiger partial charge in [0.2, 0.25) is 5.89 Å². The number of hydrogen-bond donors (Lipinski definition) is 1. The van der Waals surface area contributed by atoms with Crippen LogP contribution in [0, 0.1) is 10.1 Å². The highest BCUT2D eigenvalue weighted by molar-refractivity contribution is 6.31. The van der Waals surface area contributed by atoms with E-state index in [2.05, 4.69) is 4.98 Å². The lowest BCUT2D eigenvalue weighted by Gasteiger charge is -1.99. The van der Waals surface area contributed by atoms with Crippen molar-refractivity contribution >= 4 is 34.1 Å². The van der Waals surface area contributed by atoms with E-state index in [1.807, 2.05) is 0 Å². The zero-order valence-electron chi connectivity index (χ0n) is 10.0. The highest BCUT2D eigenvalue weighted by Gasteiger charge is 2.16. The molecule has 1 aromatic heterocycles. The topological polar surface area (TPSA) is 95.2 Å². The number of anilines is 1. The first-order chi connectivity index (χ1) is 9.54. The van der Waals surface area contributed by atoms with Gasteiger partial charge < -0.3 is 10.2 Å². The molecule has 2 N–H and O–H groups in total. The summed E-state index contributed by atoms with van der Waals surface area (Å²) in [5, 5.41) is 11.4. The van der Waals surface area contributed by atoms with Crippen molar-refractivity contribution in [2.24, 2.45) is 0 Å². The minimum atomic E-state index is -0.543. The van der Waals surface area contributed by atoms with Gasteiger partial charge in [-0.05, 0) is 30.3 Å². The standard InChI is InChI=1S/C13H8ClN3O3/c14-8-2-4-12-10(6-8)16-13(20-12)7-1-3-9(15)11(5-7)17(18)19/h1-6H,15H2. The number of nitro benzene ring substituents is 1. The van der Waals surface area contributed by atoms with E-state index in [1.165, 1.54) is 12.1 Å². The number of hydrogen-bond acceptors (Lipinski definition) is 5. The smallest absolute Gasteiger partial charge is 0.292 e. The molecule has 0 saturated carbocycles. The molecule has 0 aliphatic rings. The van der Waals surface area contributed by atoms with Crippen molar-refractivity contribution in [3.8, 4) is 11.5 Å². The van der Waals surface area contributed by atoms with Crippen molar-refractivity contribution in [1.29, 1.82) is 0 Å². The summed E-state index contributed by atoms with van der Waals surface area (Å²) in [6.45, 7) is 0. The maximum atomic E-state index is 10.9. The number of fused-ring (bicyclic) bond motifs is 1. The second-order valence-corrected chi connectivity index (χ2v) is 4.60. The molecule has 0 saturated heterocycles. The van der Waals surface area contributed by atoms with Crippen LogP contribution in [-0.2, 0) is 0 Å². The third-order valence-electron chi connectivity index (χ3n) is 2.82. The molecular weight excluding hydrogens is 282 g/mol. The van der Waals surface area contributed by atoms with E-state index in [0.717, 1.165) is 0 Å². The molecule has 0 unspecified atom stereocenters. The molecule has 0 fully saturated rings. The van der Waals surface area contributed by atoms with E-state index in [0.29, 0.717) is 21.7 Å².